The molecular formula is C18H17BrClF3N4O3. The number of benzene rings is 1. The zero-order chi connectivity index (χ0) is 22.1. The number of carbonyl (C=O) groups excluding carboxylic acids is 1. The lowest BCUT2D eigenvalue weighted by molar-refractivity contribution is -0.144. The van der Waals surface area contributed by atoms with E-state index in [0.29, 0.717) is 22.0 Å². The minimum Gasteiger partial charge on any atom is -0.496 e. The normalized spacial score (nSPS) is 14.7. The van der Waals surface area contributed by atoms with Crippen molar-refractivity contribution < 1.29 is 27.5 Å². The van der Waals surface area contributed by atoms with Crippen LogP contribution in [0.4, 0.5) is 13.2 Å². The Hall–Kier alpha value is -2.27. The number of hydrogen-bond donors (Lipinski definition) is 1. The van der Waals surface area contributed by atoms with Crippen LogP contribution in [0, 0.1) is 0 Å². The largest absolute Gasteiger partial charge is 0.496 e. The summed E-state index contributed by atoms with van der Waals surface area (Å²) < 4.78 is 45.7. The molecule has 0 saturated heterocycles. The highest BCUT2D eigenvalue weighted by molar-refractivity contribution is 9.10. The molecule has 0 bridgehead atoms. The average molecular weight is 510 g/mol. The predicted octanol–water partition coefficient (Wildman–Crippen LogP) is 4.46. The summed E-state index contributed by atoms with van der Waals surface area (Å²) in [5.74, 6) is -0.543. The SMILES string of the molecule is COc1ccc(Cl)cc1/C(N)=N/OC(=O)CCn1nc(C(F)(F)F)c(Br)c1C1CC1. The third-order valence-corrected chi connectivity index (χ3v) is 5.39. The van der Waals surface area contributed by atoms with E-state index in [-0.39, 0.29) is 29.2 Å². The number of rotatable bonds is 7. The Kier molecular flexibility index (Phi) is 6.61. The smallest absolute Gasteiger partial charge is 0.436 e. The maximum absolute atomic E-state index is 13.1. The van der Waals surface area contributed by atoms with Gasteiger partial charge in [-0.3, -0.25) is 4.68 Å². The molecule has 0 spiro atoms. The number of carbonyl (C=O) groups is 1. The molecule has 162 valence electrons. The van der Waals surface area contributed by atoms with E-state index in [0.717, 1.165) is 12.8 Å². The van der Waals surface area contributed by atoms with Gasteiger partial charge in [0.15, 0.2) is 11.5 Å². The highest BCUT2D eigenvalue weighted by Crippen LogP contribution is 2.47. The summed E-state index contributed by atoms with van der Waals surface area (Å²) in [5.41, 5.74) is 5.58. The molecule has 2 aromatic rings. The molecular weight excluding hydrogens is 493 g/mol. The van der Waals surface area contributed by atoms with Crippen molar-refractivity contribution in [1.82, 2.24) is 9.78 Å². The Morgan fingerprint density at radius 1 is 1.43 bits per heavy atom. The molecule has 7 nitrogen and oxygen atoms in total. The standard InChI is InChI=1S/C18H17BrClF3N4O3/c1-29-12-5-4-10(20)8-11(12)17(24)26-30-13(28)6-7-27-15(9-2-3-9)14(19)16(25-27)18(21,22)23/h4-5,8-9H,2-3,6-7H2,1H3,(H2,24,26). The first-order valence-corrected chi connectivity index (χ1v) is 9.99. The maximum Gasteiger partial charge on any atom is 0.436 e. The second-order valence-electron chi connectivity index (χ2n) is 6.58. The summed E-state index contributed by atoms with van der Waals surface area (Å²) in [7, 11) is 1.43. The van der Waals surface area contributed by atoms with Gasteiger partial charge in [0.25, 0.3) is 0 Å². The van der Waals surface area contributed by atoms with Crippen molar-refractivity contribution in [3.05, 3.63) is 44.6 Å². The minimum absolute atomic E-state index is 0.0112. The number of nitrogens with two attached hydrogens (primary N) is 1. The monoisotopic (exact) mass is 508 g/mol. The van der Waals surface area contributed by atoms with E-state index >= 15 is 0 Å². The summed E-state index contributed by atoms with van der Waals surface area (Å²) >= 11 is 8.92. The lowest BCUT2D eigenvalue weighted by Crippen LogP contribution is -2.17. The highest BCUT2D eigenvalue weighted by Gasteiger charge is 2.41. The zero-order valence-corrected chi connectivity index (χ0v) is 18.0. The van der Waals surface area contributed by atoms with Crippen molar-refractivity contribution in [2.75, 3.05) is 7.11 Å². The number of hydrogen-bond acceptors (Lipinski definition) is 5. The number of nitrogens with zero attached hydrogens (tertiary/aromatic N) is 3. The third-order valence-electron chi connectivity index (χ3n) is 4.38. The molecule has 3 rings (SSSR count). The van der Waals surface area contributed by atoms with E-state index < -0.39 is 17.8 Å². The van der Waals surface area contributed by atoms with Crippen molar-refractivity contribution >= 4 is 39.3 Å². The summed E-state index contributed by atoms with van der Waals surface area (Å²) in [5, 5.41) is 7.59. The van der Waals surface area contributed by atoms with Gasteiger partial charge in [0, 0.05) is 10.9 Å². The Morgan fingerprint density at radius 2 is 2.13 bits per heavy atom. The number of ether oxygens (including phenoxy) is 1. The van der Waals surface area contributed by atoms with Gasteiger partial charge >= 0.3 is 12.1 Å². The maximum atomic E-state index is 13.1. The van der Waals surface area contributed by atoms with E-state index in [1.807, 2.05) is 0 Å². The molecule has 2 N–H and O–H groups in total. The summed E-state index contributed by atoms with van der Waals surface area (Å²) in [6, 6.07) is 4.67. The van der Waals surface area contributed by atoms with Crippen LogP contribution in [0.1, 0.15) is 42.1 Å². The van der Waals surface area contributed by atoms with Gasteiger partial charge in [-0.05, 0) is 47.0 Å². The predicted molar refractivity (Wildman–Crippen MR) is 106 cm³/mol. The second kappa shape index (κ2) is 8.84. The molecule has 0 aliphatic heterocycles. The van der Waals surface area contributed by atoms with Crippen LogP contribution >= 0.6 is 27.5 Å². The Balaban J connectivity index is 1.68. The molecule has 1 aromatic carbocycles. The van der Waals surface area contributed by atoms with Crippen molar-refractivity contribution in [2.45, 2.75) is 37.9 Å². The van der Waals surface area contributed by atoms with E-state index in [4.69, 9.17) is 26.9 Å². The zero-order valence-electron chi connectivity index (χ0n) is 15.7. The van der Waals surface area contributed by atoms with E-state index in [9.17, 15) is 18.0 Å². The van der Waals surface area contributed by atoms with Crippen molar-refractivity contribution in [2.24, 2.45) is 10.9 Å². The number of oxime groups is 1. The average Bonchev–Trinajstić information content (AvgIpc) is 3.46. The van der Waals surface area contributed by atoms with E-state index in [2.05, 4.69) is 26.2 Å². The third kappa shape index (κ3) is 5.07. The van der Waals surface area contributed by atoms with Crippen molar-refractivity contribution in [1.29, 1.82) is 0 Å². The molecule has 0 amide bonds. The fraction of sp³-hybridized carbons (Fsp3) is 0.389. The number of aromatic nitrogens is 2. The van der Waals surface area contributed by atoms with Crippen molar-refractivity contribution in [3.8, 4) is 5.75 Å². The quantitative estimate of drug-likeness (QED) is 0.258. The number of halogens is 5. The first-order chi connectivity index (χ1) is 14.1. The molecule has 0 atom stereocenters. The molecule has 1 fully saturated rings. The first kappa shape index (κ1) is 22.4. The van der Waals surface area contributed by atoms with Gasteiger partial charge < -0.3 is 15.3 Å². The number of alkyl halides is 3. The Labute approximate surface area is 183 Å². The number of methoxy groups -OCH3 is 1. The van der Waals surface area contributed by atoms with Crippen molar-refractivity contribution in [3.63, 3.8) is 0 Å². The molecule has 0 unspecified atom stereocenters. The van der Waals surface area contributed by atoms with Crippen LogP contribution in [0.25, 0.3) is 0 Å². The fourth-order valence-electron chi connectivity index (χ4n) is 2.82. The van der Waals surface area contributed by atoms with Gasteiger partial charge in [-0.25, -0.2) is 4.79 Å². The molecule has 0 radical (unpaired) electrons. The lowest BCUT2D eigenvalue weighted by atomic mass is 10.2. The van der Waals surface area contributed by atoms with E-state index in [1.54, 1.807) is 12.1 Å². The molecule has 1 saturated carbocycles. The van der Waals surface area contributed by atoms with Crippen LogP contribution in [0.2, 0.25) is 5.02 Å². The molecule has 30 heavy (non-hydrogen) atoms. The Morgan fingerprint density at radius 3 is 2.73 bits per heavy atom. The van der Waals surface area contributed by atoms with Crippen LogP contribution in [0.5, 0.6) is 5.75 Å². The summed E-state index contributed by atoms with van der Waals surface area (Å²) in [4.78, 5) is 16.8. The van der Waals surface area contributed by atoms with Crippen LogP contribution in [0.15, 0.2) is 27.8 Å². The molecule has 12 heteroatoms. The summed E-state index contributed by atoms with van der Waals surface area (Å²) in [6.07, 6.45) is -3.29. The summed E-state index contributed by atoms with van der Waals surface area (Å²) in [6.45, 7) is -0.0880. The molecule has 1 aliphatic carbocycles. The van der Waals surface area contributed by atoms with Gasteiger partial charge in [0.2, 0.25) is 0 Å². The minimum atomic E-state index is -4.59. The first-order valence-electron chi connectivity index (χ1n) is 8.82. The van der Waals surface area contributed by atoms with Crippen LogP contribution in [-0.4, -0.2) is 28.7 Å². The Bertz CT molecular complexity index is 990. The van der Waals surface area contributed by atoms with Crippen LogP contribution < -0.4 is 10.5 Å². The van der Waals surface area contributed by atoms with Crippen LogP contribution in [-0.2, 0) is 22.4 Å². The van der Waals surface area contributed by atoms with Gasteiger partial charge in [0.1, 0.15) is 5.75 Å². The number of amidine groups is 1. The van der Waals surface area contributed by atoms with Crippen LogP contribution in [0.3, 0.4) is 0 Å². The van der Waals surface area contributed by atoms with E-state index in [1.165, 1.54) is 17.9 Å². The van der Waals surface area contributed by atoms with Gasteiger partial charge in [-0.2, -0.15) is 18.3 Å². The topological polar surface area (TPSA) is 91.7 Å². The van der Waals surface area contributed by atoms with Gasteiger partial charge in [-0.15, -0.1) is 0 Å². The molecule has 1 aliphatic rings. The highest BCUT2D eigenvalue weighted by atomic mass is 79.9. The lowest BCUT2D eigenvalue weighted by Gasteiger charge is -2.08. The van der Waals surface area contributed by atoms with Gasteiger partial charge in [-0.1, -0.05) is 16.8 Å². The van der Waals surface area contributed by atoms with Gasteiger partial charge in [0.05, 0.1) is 35.8 Å². The molecule has 1 aromatic heterocycles. The fourth-order valence-corrected chi connectivity index (χ4v) is 3.83. The molecule has 1 heterocycles. The second-order valence-corrected chi connectivity index (χ2v) is 7.81. The number of aryl methyl sites for hydroxylation is 1.